The molecule has 2 atom stereocenters. The van der Waals surface area contributed by atoms with Gasteiger partial charge in [0.15, 0.2) is 0 Å². The van der Waals surface area contributed by atoms with E-state index in [1.807, 2.05) is 13.1 Å². The highest BCUT2D eigenvalue weighted by Crippen LogP contribution is 2.34. The molecule has 2 bridgehead atoms. The molecular formula is C14H22N4O. The van der Waals surface area contributed by atoms with E-state index >= 15 is 0 Å². The summed E-state index contributed by atoms with van der Waals surface area (Å²) >= 11 is 0. The number of aromatic nitrogens is 2. The normalized spacial score (nSPS) is 30.5. The van der Waals surface area contributed by atoms with Crippen molar-refractivity contribution in [1.29, 1.82) is 0 Å². The zero-order chi connectivity index (χ0) is 13.4. The van der Waals surface area contributed by atoms with Crippen molar-refractivity contribution in [3.63, 3.8) is 0 Å². The molecule has 2 aliphatic heterocycles. The van der Waals surface area contributed by atoms with Gasteiger partial charge in [-0.05, 0) is 45.2 Å². The van der Waals surface area contributed by atoms with Gasteiger partial charge >= 0.3 is 0 Å². The van der Waals surface area contributed by atoms with Crippen LogP contribution in [-0.4, -0.2) is 45.8 Å². The second-order valence-corrected chi connectivity index (χ2v) is 6.00. The highest BCUT2D eigenvalue weighted by atomic mass is 16.2. The van der Waals surface area contributed by atoms with Crippen molar-refractivity contribution < 1.29 is 4.79 Å². The Morgan fingerprint density at radius 3 is 2.68 bits per heavy atom. The van der Waals surface area contributed by atoms with E-state index in [1.165, 1.54) is 12.8 Å². The van der Waals surface area contributed by atoms with Crippen molar-refractivity contribution in [1.82, 2.24) is 20.0 Å². The quantitative estimate of drug-likeness (QED) is 0.882. The maximum absolute atomic E-state index is 12.0. The molecule has 1 amide bonds. The van der Waals surface area contributed by atoms with Crippen molar-refractivity contribution in [3.05, 3.63) is 18.0 Å². The smallest absolute Gasteiger partial charge is 0.241 e. The molecule has 1 aromatic heterocycles. The van der Waals surface area contributed by atoms with Crippen LogP contribution in [0.15, 0.2) is 12.4 Å². The third-order valence-electron chi connectivity index (χ3n) is 4.53. The molecule has 0 aliphatic carbocycles. The molecule has 2 unspecified atom stereocenters. The van der Waals surface area contributed by atoms with Gasteiger partial charge in [0.05, 0.1) is 6.20 Å². The van der Waals surface area contributed by atoms with Crippen LogP contribution in [-0.2, 0) is 11.3 Å². The maximum atomic E-state index is 12.0. The topological polar surface area (TPSA) is 50.2 Å². The van der Waals surface area contributed by atoms with Crippen molar-refractivity contribution in [2.45, 2.75) is 57.3 Å². The fourth-order valence-electron chi connectivity index (χ4n) is 3.50. The summed E-state index contributed by atoms with van der Waals surface area (Å²) in [6, 6.07) is 1.67. The van der Waals surface area contributed by atoms with E-state index in [9.17, 15) is 4.79 Å². The summed E-state index contributed by atoms with van der Waals surface area (Å²) in [5.41, 5.74) is 1.09. The summed E-state index contributed by atoms with van der Waals surface area (Å²) in [6.45, 7) is 2.31. The summed E-state index contributed by atoms with van der Waals surface area (Å²) in [6.07, 6.45) is 8.44. The van der Waals surface area contributed by atoms with Gasteiger partial charge in [0.25, 0.3) is 0 Å². The monoisotopic (exact) mass is 262 g/mol. The van der Waals surface area contributed by atoms with E-state index < -0.39 is 0 Å². The Bertz CT molecular complexity index is 456. The first-order chi connectivity index (χ1) is 9.11. The molecule has 104 valence electrons. The Balaban J connectivity index is 1.53. The fraction of sp³-hybridized carbons (Fsp3) is 0.714. The van der Waals surface area contributed by atoms with Crippen molar-refractivity contribution in [2.24, 2.45) is 0 Å². The molecule has 5 heteroatoms. The Labute approximate surface area is 114 Å². The molecule has 1 aromatic rings. The van der Waals surface area contributed by atoms with Gasteiger partial charge in [0.1, 0.15) is 6.54 Å². The molecule has 3 heterocycles. The van der Waals surface area contributed by atoms with E-state index in [2.05, 4.69) is 22.4 Å². The predicted octanol–water partition coefficient (Wildman–Crippen LogP) is 0.933. The second-order valence-electron chi connectivity index (χ2n) is 6.00. The van der Waals surface area contributed by atoms with Crippen LogP contribution in [0.3, 0.4) is 0 Å². The Morgan fingerprint density at radius 2 is 2.11 bits per heavy atom. The van der Waals surface area contributed by atoms with E-state index in [0.717, 1.165) is 18.4 Å². The van der Waals surface area contributed by atoms with Gasteiger partial charge in [-0.3, -0.25) is 9.48 Å². The number of nitrogens with one attached hydrogen (secondary N) is 1. The first-order valence-electron chi connectivity index (χ1n) is 7.12. The molecule has 5 nitrogen and oxygen atoms in total. The SMILES string of the molecule is Cc1cnn(CC(=O)NC2CC3CCC(C2)N3C)c1. The summed E-state index contributed by atoms with van der Waals surface area (Å²) in [5, 5.41) is 7.32. The highest BCUT2D eigenvalue weighted by Gasteiger charge is 2.38. The minimum Gasteiger partial charge on any atom is -0.352 e. The third-order valence-corrected chi connectivity index (χ3v) is 4.53. The lowest BCUT2D eigenvalue weighted by Crippen LogP contribution is -2.49. The summed E-state index contributed by atoms with van der Waals surface area (Å²) in [4.78, 5) is 14.5. The number of carbonyl (C=O) groups excluding carboxylic acids is 1. The predicted molar refractivity (Wildman–Crippen MR) is 72.7 cm³/mol. The molecule has 0 spiro atoms. The number of hydrogen-bond acceptors (Lipinski definition) is 3. The molecule has 19 heavy (non-hydrogen) atoms. The third kappa shape index (κ3) is 2.66. The number of amides is 1. The summed E-state index contributed by atoms with van der Waals surface area (Å²) in [5.74, 6) is 0.0806. The van der Waals surface area contributed by atoms with Crippen LogP contribution in [0, 0.1) is 6.92 Å². The molecule has 2 saturated heterocycles. The van der Waals surface area contributed by atoms with Crippen LogP contribution < -0.4 is 5.32 Å². The second kappa shape index (κ2) is 4.96. The molecule has 2 fully saturated rings. The van der Waals surface area contributed by atoms with Gasteiger partial charge in [-0.1, -0.05) is 0 Å². The average Bonchev–Trinajstić information content (AvgIpc) is 2.82. The number of nitrogens with zero attached hydrogens (tertiary/aromatic N) is 3. The number of rotatable bonds is 3. The van der Waals surface area contributed by atoms with Gasteiger partial charge in [-0.2, -0.15) is 5.10 Å². The highest BCUT2D eigenvalue weighted by molar-refractivity contribution is 5.76. The standard InChI is InChI=1S/C14H22N4O/c1-10-7-15-18(8-10)9-14(19)16-11-5-12-3-4-13(6-11)17(12)2/h7-8,11-13H,3-6,9H2,1-2H3,(H,16,19). The van der Waals surface area contributed by atoms with E-state index in [0.29, 0.717) is 24.7 Å². The Morgan fingerprint density at radius 1 is 1.42 bits per heavy atom. The number of fused-ring (bicyclic) bond motifs is 2. The van der Waals surface area contributed by atoms with Crippen LogP contribution in [0.25, 0.3) is 0 Å². The van der Waals surface area contributed by atoms with Crippen molar-refractivity contribution in [3.8, 4) is 0 Å². The van der Waals surface area contributed by atoms with Gasteiger partial charge in [-0.15, -0.1) is 0 Å². The molecular weight excluding hydrogens is 240 g/mol. The Kier molecular flexibility index (Phi) is 3.31. The number of piperidine rings is 1. The molecule has 0 aromatic carbocycles. The zero-order valence-electron chi connectivity index (χ0n) is 11.7. The first-order valence-corrected chi connectivity index (χ1v) is 7.12. The van der Waals surface area contributed by atoms with Gasteiger partial charge in [0.2, 0.25) is 5.91 Å². The maximum Gasteiger partial charge on any atom is 0.241 e. The van der Waals surface area contributed by atoms with Crippen LogP contribution in [0.4, 0.5) is 0 Å². The Hall–Kier alpha value is -1.36. The van der Waals surface area contributed by atoms with Gasteiger partial charge < -0.3 is 10.2 Å². The van der Waals surface area contributed by atoms with E-state index in [1.54, 1.807) is 10.9 Å². The van der Waals surface area contributed by atoms with Crippen LogP contribution in [0.5, 0.6) is 0 Å². The molecule has 0 saturated carbocycles. The van der Waals surface area contributed by atoms with Gasteiger partial charge in [-0.25, -0.2) is 0 Å². The lowest BCUT2D eigenvalue weighted by atomic mass is 9.98. The zero-order valence-corrected chi connectivity index (χ0v) is 11.7. The summed E-state index contributed by atoms with van der Waals surface area (Å²) < 4.78 is 1.70. The summed E-state index contributed by atoms with van der Waals surface area (Å²) in [7, 11) is 2.22. The average molecular weight is 262 g/mol. The van der Waals surface area contributed by atoms with Gasteiger partial charge in [0, 0.05) is 24.3 Å². The first kappa shape index (κ1) is 12.7. The molecule has 2 aliphatic rings. The fourth-order valence-corrected chi connectivity index (χ4v) is 3.50. The number of hydrogen-bond donors (Lipinski definition) is 1. The largest absolute Gasteiger partial charge is 0.352 e. The number of aryl methyl sites for hydroxylation is 1. The van der Waals surface area contributed by atoms with Crippen LogP contribution >= 0.6 is 0 Å². The van der Waals surface area contributed by atoms with Crippen molar-refractivity contribution >= 4 is 5.91 Å². The van der Waals surface area contributed by atoms with Crippen molar-refractivity contribution in [2.75, 3.05) is 7.05 Å². The molecule has 1 N–H and O–H groups in total. The number of carbonyl (C=O) groups is 1. The minimum absolute atomic E-state index is 0.0806. The van der Waals surface area contributed by atoms with Crippen LogP contribution in [0.1, 0.15) is 31.2 Å². The van der Waals surface area contributed by atoms with Crippen LogP contribution in [0.2, 0.25) is 0 Å². The lowest BCUT2D eigenvalue weighted by Gasteiger charge is -2.36. The minimum atomic E-state index is 0.0806. The molecule has 3 rings (SSSR count). The van der Waals surface area contributed by atoms with E-state index in [-0.39, 0.29) is 5.91 Å². The molecule has 0 radical (unpaired) electrons. The lowest BCUT2D eigenvalue weighted by molar-refractivity contribution is -0.123. The van der Waals surface area contributed by atoms with E-state index in [4.69, 9.17) is 0 Å².